The van der Waals surface area contributed by atoms with Gasteiger partial charge in [0, 0.05) is 35.0 Å². The van der Waals surface area contributed by atoms with Crippen LogP contribution in [-0.2, 0) is 14.5 Å². The molecule has 0 N–H and O–H groups in total. The van der Waals surface area contributed by atoms with Crippen LogP contribution in [0.3, 0.4) is 0 Å². The van der Waals surface area contributed by atoms with Gasteiger partial charge in [-0.2, -0.15) is 10.1 Å². The normalized spacial score (nSPS) is 25.9. The predicted octanol–water partition coefficient (Wildman–Crippen LogP) is 5.92. The van der Waals surface area contributed by atoms with Gasteiger partial charge in [0.2, 0.25) is 0 Å². The highest BCUT2D eigenvalue weighted by Gasteiger charge is 2.46. The molecule has 172 valence electrons. The van der Waals surface area contributed by atoms with Crippen LogP contribution in [0.15, 0.2) is 0 Å². The largest absolute Gasteiger partial charge is 0.300 e. The van der Waals surface area contributed by atoms with E-state index in [9.17, 15) is 4.79 Å². The first kappa shape index (κ1) is 26.5. The maximum Gasteiger partial charge on any atom is 0.136 e. The third-order valence-electron chi connectivity index (χ3n) is 5.88. The second kappa shape index (κ2) is 10.2. The van der Waals surface area contributed by atoms with Gasteiger partial charge >= 0.3 is 0 Å². The quantitative estimate of drug-likeness (QED) is 0.541. The molecule has 2 heterocycles. The molecule has 5 nitrogen and oxygen atoms in total. The fourth-order valence-corrected chi connectivity index (χ4v) is 5.03. The Morgan fingerprint density at radius 2 is 1.03 bits per heavy atom. The average molecular weight is 413 g/mol. The second-order valence-electron chi connectivity index (χ2n) is 11.3. The summed E-state index contributed by atoms with van der Waals surface area (Å²) in [6.45, 7) is 23.2. The summed E-state index contributed by atoms with van der Waals surface area (Å²) in [7, 11) is 0. The molecule has 0 aromatic rings. The highest BCUT2D eigenvalue weighted by atomic mass is 16.7. The third kappa shape index (κ3) is 7.30. The summed E-state index contributed by atoms with van der Waals surface area (Å²) >= 11 is 0. The molecule has 2 aliphatic rings. The van der Waals surface area contributed by atoms with Crippen molar-refractivity contribution in [1.82, 2.24) is 10.1 Å². The zero-order valence-electron chi connectivity index (χ0n) is 21.0. The number of hydroxylamine groups is 4. The first-order chi connectivity index (χ1) is 13.2. The second-order valence-corrected chi connectivity index (χ2v) is 11.3. The van der Waals surface area contributed by atoms with Gasteiger partial charge in [-0.15, -0.1) is 0 Å². The predicted molar refractivity (Wildman–Crippen MR) is 121 cm³/mol. The summed E-state index contributed by atoms with van der Waals surface area (Å²) in [6, 6.07) is 0. The fraction of sp³-hybridized carbons (Fsp3) is 0.958. The van der Waals surface area contributed by atoms with E-state index in [0.717, 1.165) is 26.1 Å². The molecule has 2 rings (SSSR count). The number of hydrogen-bond donors (Lipinski definition) is 0. The van der Waals surface area contributed by atoms with Crippen LogP contribution in [0.2, 0.25) is 0 Å². The van der Waals surface area contributed by atoms with E-state index in [1.807, 2.05) is 5.06 Å². The molecule has 0 amide bonds. The monoisotopic (exact) mass is 412 g/mol. The van der Waals surface area contributed by atoms with Crippen molar-refractivity contribution < 1.29 is 14.5 Å². The van der Waals surface area contributed by atoms with E-state index in [1.165, 1.54) is 19.3 Å². The van der Waals surface area contributed by atoms with Gasteiger partial charge in [-0.25, -0.2) is 0 Å². The van der Waals surface area contributed by atoms with Gasteiger partial charge in [0.25, 0.3) is 0 Å². The molecule has 0 spiro atoms. The lowest BCUT2D eigenvalue weighted by atomic mass is 9.81. The minimum atomic E-state index is -0.187. The number of hydrogen-bond acceptors (Lipinski definition) is 5. The van der Waals surface area contributed by atoms with E-state index in [2.05, 4.69) is 74.3 Å². The van der Waals surface area contributed by atoms with Gasteiger partial charge in [0.1, 0.15) is 5.78 Å². The number of piperidine rings is 2. The maximum atomic E-state index is 11.6. The van der Waals surface area contributed by atoms with Crippen molar-refractivity contribution in [2.24, 2.45) is 0 Å². The van der Waals surface area contributed by atoms with Crippen molar-refractivity contribution in [2.45, 2.75) is 136 Å². The topological polar surface area (TPSA) is 42.0 Å². The minimum absolute atomic E-state index is 0.187. The van der Waals surface area contributed by atoms with E-state index in [1.54, 1.807) is 0 Å². The van der Waals surface area contributed by atoms with Crippen LogP contribution in [0.25, 0.3) is 0 Å². The summed E-state index contributed by atoms with van der Waals surface area (Å²) in [5.74, 6) is 0.335. The van der Waals surface area contributed by atoms with Crippen LogP contribution < -0.4 is 0 Å². The molecule has 5 heteroatoms. The lowest BCUT2D eigenvalue weighted by molar-refractivity contribution is -0.280. The molecule has 2 aliphatic heterocycles. The molecule has 0 aromatic heterocycles. The van der Waals surface area contributed by atoms with Gasteiger partial charge in [-0.05, 0) is 87.5 Å². The smallest absolute Gasteiger partial charge is 0.136 e. The van der Waals surface area contributed by atoms with Gasteiger partial charge in [0.15, 0.2) is 0 Å². The Balaban J connectivity index is 0.000000291. The number of carbonyl (C=O) groups is 1. The first-order valence-electron chi connectivity index (χ1n) is 11.6. The van der Waals surface area contributed by atoms with Crippen molar-refractivity contribution in [3.8, 4) is 0 Å². The zero-order valence-corrected chi connectivity index (χ0v) is 21.0. The summed E-state index contributed by atoms with van der Waals surface area (Å²) in [5.41, 5.74) is 0.00977. The van der Waals surface area contributed by atoms with Gasteiger partial charge in [-0.1, -0.05) is 13.8 Å². The average Bonchev–Trinajstić information content (AvgIpc) is 2.51. The van der Waals surface area contributed by atoms with Crippen LogP contribution in [-0.4, -0.2) is 51.3 Å². The van der Waals surface area contributed by atoms with Gasteiger partial charge in [-0.3, -0.25) is 14.5 Å². The maximum absolute atomic E-state index is 11.6. The van der Waals surface area contributed by atoms with Crippen LogP contribution in [0, 0.1) is 0 Å². The Morgan fingerprint density at radius 1 is 0.690 bits per heavy atom. The molecule has 0 bridgehead atoms. The molecule has 0 atom stereocenters. The SMILES string of the molecule is CCCON1C(C)(C)CC(=O)CC1(C)C.CCCON1C(C)(C)CCCC1(C)C. The summed E-state index contributed by atoms with van der Waals surface area (Å²) in [6.07, 6.45) is 7.03. The molecule has 0 saturated carbocycles. The Kier molecular flexibility index (Phi) is 9.35. The lowest BCUT2D eigenvalue weighted by Crippen LogP contribution is -2.60. The third-order valence-corrected chi connectivity index (χ3v) is 5.88. The molecule has 2 fully saturated rings. The first-order valence-corrected chi connectivity index (χ1v) is 11.6. The fourth-order valence-electron chi connectivity index (χ4n) is 5.03. The van der Waals surface area contributed by atoms with E-state index in [-0.39, 0.29) is 22.2 Å². The Morgan fingerprint density at radius 3 is 1.38 bits per heavy atom. The van der Waals surface area contributed by atoms with Crippen molar-refractivity contribution in [2.75, 3.05) is 13.2 Å². The van der Waals surface area contributed by atoms with E-state index in [4.69, 9.17) is 9.68 Å². The molecule has 0 aliphatic carbocycles. The van der Waals surface area contributed by atoms with Gasteiger partial charge < -0.3 is 0 Å². The summed E-state index contributed by atoms with van der Waals surface area (Å²) in [4.78, 5) is 23.3. The van der Waals surface area contributed by atoms with E-state index < -0.39 is 0 Å². The van der Waals surface area contributed by atoms with Gasteiger partial charge in [0.05, 0.1) is 13.2 Å². The molecular formula is C24H48N2O3. The molecule has 0 radical (unpaired) electrons. The van der Waals surface area contributed by atoms with E-state index >= 15 is 0 Å². The zero-order chi connectivity index (χ0) is 22.5. The van der Waals surface area contributed by atoms with Crippen LogP contribution >= 0.6 is 0 Å². The molecular weight excluding hydrogens is 364 g/mol. The van der Waals surface area contributed by atoms with E-state index in [0.29, 0.717) is 18.6 Å². The summed E-state index contributed by atoms with van der Waals surface area (Å²) in [5, 5.41) is 4.25. The van der Waals surface area contributed by atoms with Crippen molar-refractivity contribution in [3.63, 3.8) is 0 Å². The Hall–Kier alpha value is -0.490. The number of carbonyl (C=O) groups excluding carboxylic acids is 1. The van der Waals surface area contributed by atoms with Crippen molar-refractivity contribution >= 4 is 5.78 Å². The van der Waals surface area contributed by atoms with Crippen LogP contribution in [0.1, 0.15) is 114 Å². The number of nitrogens with zero attached hydrogens (tertiary/aromatic N) is 2. The van der Waals surface area contributed by atoms with Crippen LogP contribution in [0.4, 0.5) is 0 Å². The molecule has 2 saturated heterocycles. The molecule has 0 aromatic carbocycles. The van der Waals surface area contributed by atoms with Crippen molar-refractivity contribution in [1.29, 1.82) is 0 Å². The molecule has 0 unspecified atom stereocenters. The highest BCUT2D eigenvalue weighted by Crippen LogP contribution is 2.38. The number of ketones is 1. The highest BCUT2D eigenvalue weighted by molar-refractivity contribution is 5.81. The minimum Gasteiger partial charge on any atom is -0.300 e. The Labute approximate surface area is 180 Å². The van der Waals surface area contributed by atoms with Crippen molar-refractivity contribution in [3.05, 3.63) is 0 Å². The molecule has 29 heavy (non-hydrogen) atoms. The summed E-state index contributed by atoms with van der Waals surface area (Å²) < 4.78 is 0. The lowest BCUT2D eigenvalue weighted by Gasteiger charge is -2.51. The standard InChI is InChI=1S/C12H23NO2.C12H25NO/c1-6-7-15-13-11(2,3)8-10(14)9-12(13,4)5;1-6-10-14-13-11(2,3)8-7-9-12(13,4)5/h6-9H2,1-5H3;6-10H2,1-5H3. The van der Waals surface area contributed by atoms with Crippen LogP contribution in [0.5, 0.6) is 0 Å². The Bertz CT molecular complexity index is 490. The number of rotatable bonds is 6. The number of Topliss-reactive ketones (excluding diaryl/α,β-unsaturated/α-hetero) is 1.